The van der Waals surface area contributed by atoms with Crippen LogP contribution in [0, 0.1) is 6.92 Å². The third-order valence-corrected chi connectivity index (χ3v) is 2.70. The van der Waals surface area contributed by atoms with Crippen LogP contribution in [0.5, 0.6) is 0 Å². The number of carbonyl (C=O) groups excluding carboxylic acids is 2. The molecule has 7 heteroatoms. The minimum absolute atomic E-state index is 0.141. The zero-order valence-electron chi connectivity index (χ0n) is 13.2. The first kappa shape index (κ1) is 17.9. The molecule has 0 heterocycles. The fourth-order valence-electron chi connectivity index (χ4n) is 1.59. The maximum Gasteiger partial charge on any atom is 0.257 e. The van der Waals surface area contributed by atoms with Gasteiger partial charge in [-0.15, -0.1) is 0 Å². The van der Waals surface area contributed by atoms with Crippen molar-refractivity contribution in [2.24, 2.45) is 0 Å². The van der Waals surface area contributed by atoms with Crippen molar-refractivity contribution in [3.63, 3.8) is 0 Å². The number of nitrogens with one attached hydrogen (secondary N) is 4. The number of benzene rings is 1. The van der Waals surface area contributed by atoms with E-state index >= 15 is 0 Å². The molecule has 0 bridgehead atoms. The largest absolute Gasteiger partial charge is 0.357 e. The van der Waals surface area contributed by atoms with Crippen molar-refractivity contribution in [2.75, 3.05) is 6.54 Å². The molecule has 0 unspecified atom stereocenters. The number of hydrazine groups is 1. The highest BCUT2D eigenvalue weighted by atomic mass is 32.1. The van der Waals surface area contributed by atoms with Crippen molar-refractivity contribution in [3.05, 3.63) is 35.4 Å². The fourth-order valence-corrected chi connectivity index (χ4v) is 1.95. The number of hydrogen-bond donors (Lipinski definition) is 4. The van der Waals surface area contributed by atoms with E-state index in [1.165, 1.54) is 0 Å². The number of carbonyl (C=O) groups is 2. The van der Waals surface area contributed by atoms with Gasteiger partial charge in [-0.25, -0.2) is 0 Å². The van der Waals surface area contributed by atoms with Gasteiger partial charge in [0.15, 0.2) is 5.11 Å². The molecule has 1 aromatic rings. The Morgan fingerprint density at radius 3 is 2.45 bits per heavy atom. The van der Waals surface area contributed by atoms with Crippen LogP contribution < -0.4 is 21.5 Å². The highest BCUT2D eigenvalue weighted by Crippen LogP contribution is 2.03. The Bertz CT molecular complexity index is 567. The number of rotatable bonds is 3. The zero-order chi connectivity index (χ0) is 16.8. The summed E-state index contributed by atoms with van der Waals surface area (Å²) in [5.41, 5.74) is 6.30. The van der Waals surface area contributed by atoms with Crippen LogP contribution in [0.3, 0.4) is 0 Å². The lowest BCUT2D eigenvalue weighted by atomic mass is 10.1. The van der Waals surface area contributed by atoms with E-state index in [4.69, 9.17) is 12.2 Å². The normalized spacial score (nSPS) is 10.5. The van der Waals surface area contributed by atoms with Gasteiger partial charge in [0, 0.05) is 11.1 Å². The molecule has 0 fully saturated rings. The van der Waals surface area contributed by atoms with Gasteiger partial charge in [-0.2, -0.15) is 0 Å². The molecular formula is C15H22N4O2S. The first-order chi connectivity index (χ1) is 10.2. The number of amides is 2. The third kappa shape index (κ3) is 7.03. The van der Waals surface area contributed by atoms with Gasteiger partial charge in [0.2, 0.25) is 0 Å². The lowest BCUT2D eigenvalue weighted by molar-refractivity contribution is -0.120. The van der Waals surface area contributed by atoms with Crippen LogP contribution in [0.4, 0.5) is 0 Å². The average Bonchev–Trinajstić information content (AvgIpc) is 2.40. The summed E-state index contributed by atoms with van der Waals surface area (Å²) in [4.78, 5) is 23.5. The Morgan fingerprint density at radius 1 is 1.18 bits per heavy atom. The Hall–Kier alpha value is -2.15. The molecule has 0 aliphatic heterocycles. The molecule has 0 atom stereocenters. The minimum atomic E-state index is -0.390. The quantitative estimate of drug-likeness (QED) is 0.493. The van der Waals surface area contributed by atoms with Crippen LogP contribution >= 0.6 is 12.2 Å². The van der Waals surface area contributed by atoms with Crippen molar-refractivity contribution >= 4 is 29.1 Å². The smallest absolute Gasteiger partial charge is 0.257 e. The number of hydrogen-bond acceptors (Lipinski definition) is 3. The summed E-state index contributed by atoms with van der Waals surface area (Å²) in [6, 6.07) is 7.15. The molecule has 4 N–H and O–H groups in total. The third-order valence-electron chi connectivity index (χ3n) is 2.49. The van der Waals surface area contributed by atoms with Crippen LogP contribution in [0.25, 0.3) is 0 Å². The highest BCUT2D eigenvalue weighted by Gasteiger charge is 2.12. The highest BCUT2D eigenvalue weighted by molar-refractivity contribution is 7.80. The summed E-state index contributed by atoms with van der Waals surface area (Å²) in [5, 5.41) is 5.84. The molecule has 0 saturated carbocycles. The molecule has 0 spiro atoms. The van der Waals surface area contributed by atoms with Crippen molar-refractivity contribution in [1.29, 1.82) is 0 Å². The van der Waals surface area contributed by atoms with E-state index in [1.54, 1.807) is 18.2 Å². The zero-order valence-corrected chi connectivity index (χ0v) is 14.1. The standard InChI is InChI=1S/C15H22N4O2S/c1-10-6-5-7-11(8-10)13(21)16-9-12(20)18-19-14(22)17-15(2,3)4/h5-8H,9H2,1-4H3,(H,16,21)(H,18,20)(H2,17,19,22). The maximum atomic E-state index is 11.9. The first-order valence-electron chi connectivity index (χ1n) is 6.89. The van der Waals surface area contributed by atoms with Crippen LogP contribution in [0.15, 0.2) is 24.3 Å². The molecule has 6 nitrogen and oxygen atoms in total. The lowest BCUT2D eigenvalue weighted by Gasteiger charge is -2.23. The molecule has 2 amide bonds. The summed E-state index contributed by atoms with van der Waals surface area (Å²) >= 11 is 5.02. The van der Waals surface area contributed by atoms with E-state index in [2.05, 4.69) is 21.5 Å². The Labute approximate surface area is 136 Å². The molecule has 0 radical (unpaired) electrons. The topological polar surface area (TPSA) is 82.3 Å². The second-order valence-corrected chi connectivity index (χ2v) is 6.34. The van der Waals surface area contributed by atoms with Crippen LogP contribution in [0.1, 0.15) is 36.7 Å². The van der Waals surface area contributed by atoms with Gasteiger partial charge >= 0.3 is 0 Å². The van der Waals surface area contributed by atoms with Crippen LogP contribution in [-0.2, 0) is 4.79 Å². The predicted molar refractivity (Wildman–Crippen MR) is 90.3 cm³/mol. The molecule has 22 heavy (non-hydrogen) atoms. The Balaban J connectivity index is 2.34. The predicted octanol–water partition coefficient (Wildman–Crippen LogP) is 1.02. The van der Waals surface area contributed by atoms with Gasteiger partial charge in [-0.1, -0.05) is 17.7 Å². The molecular weight excluding hydrogens is 300 g/mol. The lowest BCUT2D eigenvalue weighted by Crippen LogP contribution is -2.53. The molecule has 0 aliphatic carbocycles. The first-order valence-corrected chi connectivity index (χ1v) is 7.30. The maximum absolute atomic E-state index is 11.9. The summed E-state index contributed by atoms with van der Waals surface area (Å²) in [7, 11) is 0. The Kier molecular flexibility index (Phi) is 6.30. The van der Waals surface area contributed by atoms with E-state index in [0.29, 0.717) is 10.7 Å². The van der Waals surface area contributed by atoms with E-state index < -0.39 is 0 Å². The second-order valence-electron chi connectivity index (χ2n) is 5.93. The molecule has 0 saturated heterocycles. The molecule has 120 valence electrons. The van der Waals surface area contributed by atoms with Gasteiger partial charge < -0.3 is 10.6 Å². The fraction of sp³-hybridized carbons (Fsp3) is 0.400. The minimum Gasteiger partial charge on any atom is -0.357 e. The summed E-state index contributed by atoms with van der Waals surface area (Å²) < 4.78 is 0. The average molecular weight is 322 g/mol. The summed E-state index contributed by atoms with van der Waals surface area (Å²) in [5.74, 6) is -0.687. The number of thiocarbonyl (C=S) groups is 1. The Morgan fingerprint density at radius 2 is 1.86 bits per heavy atom. The van der Waals surface area contributed by atoms with Crippen LogP contribution in [0.2, 0.25) is 0 Å². The van der Waals surface area contributed by atoms with Crippen molar-refractivity contribution in [3.8, 4) is 0 Å². The van der Waals surface area contributed by atoms with Crippen molar-refractivity contribution < 1.29 is 9.59 Å². The van der Waals surface area contributed by atoms with E-state index in [-0.39, 0.29) is 23.9 Å². The van der Waals surface area contributed by atoms with Crippen molar-refractivity contribution in [1.82, 2.24) is 21.5 Å². The van der Waals surface area contributed by atoms with E-state index in [0.717, 1.165) is 5.56 Å². The van der Waals surface area contributed by atoms with Gasteiger partial charge in [0.25, 0.3) is 11.8 Å². The SMILES string of the molecule is Cc1cccc(C(=O)NCC(=O)NNC(=S)NC(C)(C)C)c1. The van der Waals surface area contributed by atoms with Crippen molar-refractivity contribution in [2.45, 2.75) is 33.2 Å². The van der Waals surface area contributed by atoms with Gasteiger partial charge in [-0.3, -0.25) is 20.4 Å². The van der Waals surface area contributed by atoms with Gasteiger partial charge in [0.1, 0.15) is 0 Å². The molecule has 1 aromatic carbocycles. The van der Waals surface area contributed by atoms with E-state index in [1.807, 2.05) is 33.8 Å². The van der Waals surface area contributed by atoms with Crippen LogP contribution in [-0.4, -0.2) is 29.0 Å². The summed E-state index contributed by atoms with van der Waals surface area (Å²) in [6.45, 7) is 7.61. The van der Waals surface area contributed by atoms with Gasteiger partial charge in [0.05, 0.1) is 6.54 Å². The molecule has 0 aromatic heterocycles. The summed E-state index contributed by atoms with van der Waals surface area (Å²) in [6.07, 6.45) is 0. The van der Waals surface area contributed by atoms with Gasteiger partial charge in [-0.05, 0) is 52.0 Å². The monoisotopic (exact) mass is 322 g/mol. The van der Waals surface area contributed by atoms with E-state index in [9.17, 15) is 9.59 Å². The second kappa shape index (κ2) is 7.74. The molecule has 0 aliphatic rings. The number of aryl methyl sites for hydroxylation is 1. The molecule has 1 rings (SSSR count).